The van der Waals surface area contributed by atoms with Crippen LogP contribution in [-0.4, -0.2) is 18.8 Å². The van der Waals surface area contributed by atoms with Crippen molar-refractivity contribution in [3.63, 3.8) is 0 Å². The Bertz CT molecular complexity index is 392. The van der Waals surface area contributed by atoms with Gasteiger partial charge in [0.05, 0.1) is 6.10 Å². The molecule has 2 fully saturated rings. The van der Waals surface area contributed by atoms with E-state index in [1.54, 1.807) is 0 Å². The summed E-state index contributed by atoms with van der Waals surface area (Å²) in [6, 6.07) is 8.58. The molecule has 92 valence electrons. The van der Waals surface area contributed by atoms with Crippen LogP contribution in [0.4, 0.5) is 0 Å². The molecule has 1 N–H and O–H groups in total. The van der Waals surface area contributed by atoms with E-state index in [1.807, 2.05) is 18.2 Å². The Hall–Kier alpha value is -0.570. The molecule has 1 aliphatic carbocycles. The number of halogens is 1. The van der Waals surface area contributed by atoms with Gasteiger partial charge in [-0.1, -0.05) is 23.7 Å². The van der Waals surface area contributed by atoms with Gasteiger partial charge in [0.1, 0.15) is 0 Å². The van der Waals surface area contributed by atoms with Gasteiger partial charge in [0, 0.05) is 24.2 Å². The lowest BCUT2D eigenvalue weighted by molar-refractivity contribution is 0.0809. The summed E-state index contributed by atoms with van der Waals surface area (Å²) in [6.45, 7) is 1.80. The van der Waals surface area contributed by atoms with Crippen LogP contribution in [0.2, 0.25) is 5.02 Å². The standard InChI is InChI=1S/C14H18ClNO/c15-12-3-1-2-10(8-12)9-16-13-6-7-17-14(13)11-4-5-11/h1-3,8,11,13-14,16H,4-7,9H2. The Morgan fingerprint density at radius 3 is 2.94 bits per heavy atom. The predicted octanol–water partition coefficient (Wildman–Crippen LogP) is 3.00. The fraction of sp³-hybridized carbons (Fsp3) is 0.571. The lowest BCUT2D eigenvalue weighted by Gasteiger charge is -2.19. The van der Waals surface area contributed by atoms with E-state index in [-0.39, 0.29) is 0 Å². The second-order valence-electron chi connectivity index (χ2n) is 5.08. The fourth-order valence-electron chi connectivity index (χ4n) is 2.61. The Balaban J connectivity index is 1.56. The monoisotopic (exact) mass is 251 g/mol. The largest absolute Gasteiger partial charge is 0.376 e. The zero-order valence-electron chi connectivity index (χ0n) is 9.86. The van der Waals surface area contributed by atoms with Gasteiger partial charge in [0.25, 0.3) is 0 Å². The molecule has 1 aromatic carbocycles. The minimum Gasteiger partial charge on any atom is -0.376 e. The number of nitrogens with one attached hydrogen (secondary N) is 1. The molecule has 3 heteroatoms. The van der Waals surface area contributed by atoms with Crippen molar-refractivity contribution in [3.05, 3.63) is 34.9 Å². The van der Waals surface area contributed by atoms with Crippen LogP contribution in [0.1, 0.15) is 24.8 Å². The van der Waals surface area contributed by atoms with Crippen molar-refractivity contribution in [2.24, 2.45) is 5.92 Å². The lowest BCUT2D eigenvalue weighted by atomic mass is 10.1. The average molecular weight is 252 g/mol. The molecule has 2 aliphatic rings. The molecule has 1 aliphatic heterocycles. The normalized spacial score (nSPS) is 28.5. The molecule has 0 spiro atoms. The molecular weight excluding hydrogens is 234 g/mol. The van der Waals surface area contributed by atoms with E-state index in [4.69, 9.17) is 16.3 Å². The third kappa shape index (κ3) is 2.82. The first kappa shape index (κ1) is 11.5. The smallest absolute Gasteiger partial charge is 0.0757 e. The quantitative estimate of drug-likeness (QED) is 0.888. The van der Waals surface area contributed by atoms with E-state index in [9.17, 15) is 0 Å². The maximum Gasteiger partial charge on any atom is 0.0757 e. The van der Waals surface area contributed by atoms with Crippen LogP contribution in [0.5, 0.6) is 0 Å². The van der Waals surface area contributed by atoms with Gasteiger partial charge in [-0.05, 0) is 42.9 Å². The van der Waals surface area contributed by atoms with Gasteiger partial charge in [0.15, 0.2) is 0 Å². The molecular formula is C14H18ClNO. The van der Waals surface area contributed by atoms with E-state index in [0.29, 0.717) is 12.1 Å². The van der Waals surface area contributed by atoms with Crippen molar-refractivity contribution in [3.8, 4) is 0 Å². The highest BCUT2D eigenvalue weighted by Gasteiger charge is 2.40. The summed E-state index contributed by atoms with van der Waals surface area (Å²) in [5.41, 5.74) is 1.25. The molecule has 0 radical (unpaired) electrons. The van der Waals surface area contributed by atoms with Gasteiger partial charge in [-0.25, -0.2) is 0 Å². The molecule has 0 amide bonds. The van der Waals surface area contributed by atoms with Gasteiger partial charge < -0.3 is 10.1 Å². The van der Waals surface area contributed by atoms with Crippen molar-refractivity contribution in [2.45, 2.75) is 38.0 Å². The summed E-state index contributed by atoms with van der Waals surface area (Å²) in [5, 5.41) is 4.42. The second-order valence-corrected chi connectivity index (χ2v) is 5.52. The Morgan fingerprint density at radius 1 is 1.29 bits per heavy atom. The van der Waals surface area contributed by atoms with Gasteiger partial charge in [-0.3, -0.25) is 0 Å². The summed E-state index contributed by atoms with van der Waals surface area (Å²) < 4.78 is 5.81. The average Bonchev–Trinajstić information content (AvgIpc) is 3.06. The highest BCUT2D eigenvalue weighted by molar-refractivity contribution is 6.30. The summed E-state index contributed by atoms with van der Waals surface area (Å²) in [5.74, 6) is 0.814. The van der Waals surface area contributed by atoms with Crippen molar-refractivity contribution in [1.82, 2.24) is 5.32 Å². The van der Waals surface area contributed by atoms with Crippen LogP contribution in [-0.2, 0) is 11.3 Å². The molecule has 1 aromatic rings. The minimum atomic E-state index is 0.453. The Kier molecular flexibility index (Phi) is 3.37. The summed E-state index contributed by atoms with van der Waals surface area (Å²) in [7, 11) is 0. The van der Waals surface area contributed by atoms with Crippen LogP contribution in [0, 0.1) is 5.92 Å². The maximum atomic E-state index is 5.98. The number of hydrogen-bond donors (Lipinski definition) is 1. The van der Waals surface area contributed by atoms with Crippen LogP contribution < -0.4 is 5.32 Å². The SMILES string of the molecule is Clc1cccc(CNC2CCOC2C2CC2)c1. The minimum absolute atomic E-state index is 0.453. The summed E-state index contributed by atoms with van der Waals surface area (Å²) in [6.07, 6.45) is 4.29. The highest BCUT2D eigenvalue weighted by Crippen LogP contribution is 2.38. The first-order valence-corrected chi connectivity index (χ1v) is 6.80. The van der Waals surface area contributed by atoms with Crippen LogP contribution >= 0.6 is 11.6 Å². The summed E-state index contributed by atoms with van der Waals surface area (Å²) in [4.78, 5) is 0. The predicted molar refractivity (Wildman–Crippen MR) is 69.2 cm³/mol. The third-order valence-corrected chi connectivity index (χ3v) is 3.91. The molecule has 0 bridgehead atoms. The van der Waals surface area contributed by atoms with Crippen molar-refractivity contribution < 1.29 is 4.74 Å². The second kappa shape index (κ2) is 4.97. The molecule has 1 heterocycles. The Morgan fingerprint density at radius 2 is 2.18 bits per heavy atom. The van der Waals surface area contributed by atoms with Crippen LogP contribution in [0.3, 0.4) is 0 Å². The van der Waals surface area contributed by atoms with E-state index >= 15 is 0 Å². The zero-order chi connectivity index (χ0) is 11.7. The number of benzene rings is 1. The molecule has 17 heavy (non-hydrogen) atoms. The van der Waals surface area contributed by atoms with E-state index in [0.717, 1.165) is 30.5 Å². The molecule has 0 aromatic heterocycles. The third-order valence-electron chi connectivity index (χ3n) is 3.68. The van der Waals surface area contributed by atoms with Crippen molar-refractivity contribution in [1.29, 1.82) is 0 Å². The van der Waals surface area contributed by atoms with Gasteiger partial charge in [-0.15, -0.1) is 0 Å². The van der Waals surface area contributed by atoms with Crippen molar-refractivity contribution in [2.75, 3.05) is 6.61 Å². The molecule has 1 saturated heterocycles. The molecule has 2 atom stereocenters. The van der Waals surface area contributed by atoms with Gasteiger partial charge in [0.2, 0.25) is 0 Å². The van der Waals surface area contributed by atoms with Gasteiger partial charge in [-0.2, -0.15) is 0 Å². The van der Waals surface area contributed by atoms with Crippen LogP contribution in [0.25, 0.3) is 0 Å². The number of rotatable bonds is 4. The molecule has 2 nitrogen and oxygen atoms in total. The number of hydrogen-bond acceptors (Lipinski definition) is 2. The van der Waals surface area contributed by atoms with Gasteiger partial charge >= 0.3 is 0 Å². The first-order chi connectivity index (χ1) is 8.33. The maximum absolute atomic E-state index is 5.98. The Labute approximate surface area is 107 Å². The molecule has 3 rings (SSSR count). The van der Waals surface area contributed by atoms with E-state index < -0.39 is 0 Å². The zero-order valence-corrected chi connectivity index (χ0v) is 10.6. The first-order valence-electron chi connectivity index (χ1n) is 6.42. The van der Waals surface area contributed by atoms with Crippen LogP contribution in [0.15, 0.2) is 24.3 Å². The van der Waals surface area contributed by atoms with E-state index in [2.05, 4.69) is 11.4 Å². The highest BCUT2D eigenvalue weighted by atomic mass is 35.5. The molecule has 2 unspecified atom stereocenters. The fourth-order valence-corrected chi connectivity index (χ4v) is 2.83. The van der Waals surface area contributed by atoms with Crippen molar-refractivity contribution >= 4 is 11.6 Å². The number of ether oxygens (including phenoxy) is 1. The topological polar surface area (TPSA) is 21.3 Å². The lowest BCUT2D eigenvalue weighted by Crippen LogP contribution is -2.37. The molecule has 1 saturated carbocycles. The van der Waals surface area contributed by atoms with E-state index in [1.165, 1.54) is 18.4 Å². The summed E-state index contributed by atoms with van der Waals surface area (Å²) >= 11 is 5.98.